The molecule has 6 nitrogen and oxygen atoms in total. The van der Waals surface area contributed by atoms with Gasteiger partial charge in [0.25, 0.3) is 0 Å². The fourth-order valence-corrected chi connectivity index (χ4v) is 3.37. The van der Waals surface area contributed by atoms with Gasteiger partial charge in [0.1, 0.15) is 23.0 Å². The van der Waals surface area contributed by atoms with Gasteiger partial charge in [-0.3, -0.25) is 0 Å². The first kappa shape index (κ1) is 22.4. The van der Waals surface area contributed by atoms with Crippen LogP contribution < -0.4 is 14.2 Å². The predicted octanol–water partition coefficient (Wildman–Crippen LogP) is 4.72. The van der Waals surface area contributed by atoms with Crippen LogP contribution in [-0.2, 0) is 4.74 Å². The molecular formula is C19H21F4N3O3S. The van der Waals surface area contributed by atoms with Crippen LogP contribution in [0.25, 0.3) is 11.3 Å². The van der Waals surface area contributed by atoms with Crippen molar-refractivity contribution in [3.05, 3.63) is 30.2 Å². The number of aromatic nitrogens is 2. The summed E-state index contributed by atoms with van der Waals surface area (Å²) in [6.07, 6.45) is -1.21. The van der Waals surface area contributed by atoms with E-state index in [2.05, 4.69) is 14.7 Å². The van der Waals surface area contributed by atoms with Gasteiger partial charge >= 0.3 is 6.18 Å². The van der Waals surface area contributed by atoms with Crippen molar-refractivity contribution in [3.63, 3.8) is 0 Å². The molecule has 1 fully saturated rings. The molecule has 0 aliphatic carbocycles. The largest absolute Gasteiger partial charge is 0.480 e. The Hall–Kier alpha value is -2.27. The zero-order valence-electron chi connectivity index (χ0n) is 16.2. The normalized spacial score (nSPS) is 15.1. The molecule has 2 aromatic rings. The highest BCUT2D eigenvalue weighted by Crippen LogP contribution is 2.32. The van der Waals surface area contributed by atoms with Crippen LogP contribution in [-0.4, -0.2) is 48.8 Å². The van der Waals surface area contributed by atoms with E-state index in [0.717, 1.165) is 12.8 Å². The third kappa shape index (κ3) is 6.36. The third-order valence-electron chi connectivity index (χ3n) is 4.36. The highest BCUT2D eigenvalue weighted by atomic mass is 32.2. The molecule has 1 N–H and O–H groups in total. The van der Waals surface area contributed by atoms with Gasteiger partial charge in [-0.2, -0.15) is 13.2 Å². The Balaban J connectivity index is 1.75. The zero-order valence-corrected chi connectivity index (χ0v) is 17.0. The monoisotopic (exact) mass is 447 g/mol. The molecule has 0 bridgehead atoms. The molecule has 0 radical (unpaired) electrons. The summed E-state index contributed by atoms with van der Waals surface area (Å²) in [6.45, 7) is 1.83. The van der Waals surface area contributed by atoms with Gasteiger partial charge in [0.05, 0.1) is 13.7 Å². The van der Waals surface area contributed by atoms with E-state index in [0.29, 0.717) is 37.7 Å². The predicted molar refractivity (Wildman–Crippen MR) is 105 cm³/mol. The summed E-state index contributed by atoms with van der Waals surface area (Å²) in [6, 6.07) is 4.10. The highest BCUT2D eigenvalue weighted by Gasteiger charge is 2.27. The van der Waals surface area contributed by atoms with Crippen molar-refractivity contribution in [1.82, 2.24) is 9.97 Å². The lowest BCUT2D eigenvalue weighted by atomic mass is 10.0. The number of ether oxygens (including phenoxy) is 3. The molecule has 2 aromatic heterocycles. The molecule has 3 heterocycles. The van der Waals surface area contributed by atoms with Crippen molar-refractivity contribution in [2.45, 2.75) is 19.0 Å². The van der Waals surface area contributed by atoms with Crippen molar-refractivity contribution in [1.29, 1.82) is 0 Å². The van der Waals surface area contributed by atoms with Gasteiger partial charge in [0.15, 0.2) is 0 Å². The van der Waals surface area contributed by atoms with Gasteiger partial charge in [0, 0.05) is 31.0 Å². The molecule has 0 spiro atoms. The molecule has 1 aliphatic heterocycles. The van der Waals surface area contributed by atoms with Crippen LogP contribution in [0.5, 0.6) is 11.8 Å². The Kier molecular flexibility index (Phi) is 7.59. The summed E-state index contributed by atoms with van der Waals surface area (Å²) >= 11 is 0.434. The Labute approximate surface area is 175 Å². The summed E-state index contributed by atoms with van der Waals surface area (Å²) < 4.78 is 70.2. The minimum Gasteiger partial charge on any atom is -0.480 e. The quantitative estimate of drug-likeness (QED) is 0.464. The van der Waals surface area contributed by atoms with Gasteiger partial charge in [0.2, 0.25) is 11.8 Å². The first-order chi connectivity index (χ1) is 14.4. The maximum atomic E-state index is 14.4. The van der Waals surface area contributed by atoms with E-state index in [1.807, 2.05) is 0 Å². The molecule has 3 rings (SSSR count). The topological polar surface area (TPSA) is 65.5 Å². The van der Waals surface area contributed by atoms with E-state index in [9.17, 15) is 17.6 Å². The Morgan fingerprint density at radius 3 is 2.73 bits per heavy atom. The lowest BCUT2D eigenvalue weighted by Crippen LogP contribution is -2.21. The summed E-state index contributed by atoms with van der Waals surface area (Å²) in [5.74, 6) is -1.02. The summed E-state index contributed by atoms with van der Waals surface area (Å²) in [5, 5.41) is 0. The number of nitrogens with zero attached hydrogens (tertiary/aromatic N) is 2. The number of pyridine rings is 2. The highest BCUT2D eigenvalue weighted by molar-refractivity contribution is 8.00. The fourth-order valence-electron chi connectivity index (χ4n) is 2.84. The minimum absolute atomic E-state index is 0.0153. The van der Waals surface area contributed by atoms with Gasteiger partial charge in [-0.05, 0) is 42.8 Å². The summed E-state index contributed by atoms with van der Waals surface area (Å²) in [7, 11) is 1.34. The maximum Gasteiger partial charge on any atom is 0.399 e. The summed E-state index contributed by atoms with van der Waals surface area (Å²) in [5.41, 5.74) is 0.442. The Morgan fingerprint density at radius 1 is 1.27 bits per heavy atom. The number of hydrogen-bond acceptors (Lipinski definition) is 7. The first-order valence-corrected chi connectivity index (χ1v) is 10.2. The van der Waals surface area contributed by atoms with Crippen LogP contribution in [0.1, 0.15) is 12.8 Å². The van der Waals surface area contributed by atoms with Crippen LogP contribution >= 0.6 is 11.9 Å². The van der Waals surface area contributed by atoms with E-state index in [-0.39, 0.29) is 28.7 Å². The van der Waals surface area contributed by atoms with Crippen LogP contribution in [0.3, 0.4) is 0 Å². The second-order valence-corrected chi connectivity index (χ2v) is 7.41. The zero-order chi connectivity index (χ0) is 21.6. The third-order valence-corrected chi connectivity index (χ3v) is 5.20. The van der Waals surface area contributed by atoms with Gasteiger partial charge < -0.3 is 18.9 Å². The van der Waals surface area contributed by atoms with Crippen molar-refractivity contribution < 1.29 is 31.8 Å². The van der Waals surface area contributed by atoms with Crippen molar-refractivity contribution >= 4 is 17.6 Å². The first-order valence-electron chi connectivity index (χ1n) is 9.22. The Morgan fingerprint density at radius 2 is 2.03 bits per heavy atom. The van der Waals surface area contributed by atoms with Crippen LogP contribution in [0.4, 0.5) is 23.2 Å². The number of hydrogen-bond donors (Lipinski definition) is 1. The molecule has 0 unspecified atom stereocenters. The van der Waals surface area contributed by atoms with Gasteiger partial charge in [-0.15, -0.1) is 0 Å². The average Bonchev–Trinajstić information content (AvgIpc) is 2.73. The van der Waals surface area contributed by atoms with E-state index in [1.165, 1.54) is 31.5 Å². The van der Waals surface area contributed by atoms with E-state index < -0.39 is 17.7 Å². The molecular weight excluding hydrogens is 426 g/mol. The summed E-state index contributed by atoms with van der Waals surface area (Å²) in [4.78, 5) is 8.26. The Bertz CT molecular complexity index is 848. The molecule has 11 heteroatoms. The second kappa shape index (κ2) is 10.2. The molecule has 0 amide bonds. The van der Waals surface area contributed by atoms with Gasteiger partial charge in [-0.25, -0.2) is 14.4 Å². The van der Waals surface area contributed by atoms with Crippen molar-refractivity contribution in [2.24, 2.45) is 5.92 Å². The average molecular weight is 447 g/mol. The molecule has 0 aromatic carbocycles. The van der Waals surface area contributed by atoms with E-state index in [1.54, 1.807) is 0 Å². The smallest absolute Gasteiger partial charge is 0.399 e. The fraction of sp³-hybridized carbons (Fsp3) is 0.474. The SMILES string of the molecule is COc1ncc(-c2nc(OCC3CCOCC3)ccc2F)cc1NSCC(F)(F)F. The number of halogens is 4. The minimum atomic E-state index is -4.33. The molecule has 30 heavy (non-hydrogen) atoms. The van der Waals surface area contributed by atoms with Crippen LogP contribution in [0.15, 0.2) is 24.4 Å². The number of nitrogens with one attached hydrogen (secondary N) is 1. The van der Waals surface area contributed by atoms with E-state index in [4.69, 9.17) is 14.2 Å². The number of rotatable bonds is 8. The number of methoxy groups -OCH3 is 1. The van der Waals surface area contributed by atoms with Crippen LogP contribution in [0, 0.1) is 11.7 Å². The lowest BCUT2D eigenvalue weighted by molar-refractivity contribution is -0.105. The van der Waals surface area contributed by atoms with E-state index >= 15 is 0 Å². The van der Waals surface area contributed by atoms with Gasteiger partial charge in [-0.1, -0.05) is 0 Å². The lowest BCUT2D eigenvalue weighted by Gasteiger charge is -2.21. The van der Waals surface area contributed by atoms with Crippen LogP contribution in [0.2, 0.25) is 0 Å². The molecule has 1 aliphatic rings. The standard InChI is InChI=1S/C19H21F4N3O3S/c1-27-18-15(26-30-11-19(21,22)23)8-13(9-24-18)17-14(20)2-3-16(25-17)29-10-12-4-6-28-7-5-12/h2-3,8-9,12,26H,4-7,10-11H2,1H3. The number of alkyl halides is 3. The molecule has 0 saturated carbocycles. The molecule has 164 valence electrons. The number of anilines is 1. The molecule has 1 saturated heterocycles. The molecule has 0 atom stereocenters. The van der Waals surface area contributed by atoms with Crippen molar-refractivity contribution in [2.75, 3.05) is 37.4 Å². The second-order valence-electron chi connectivity index (χ2n) is 6.63. The maximum absolute atomic E-state index is 14.4. The van der Waals surface area contributed by atoms with Crippen molar-refractivity contribution in [3.8, 4) is 23.0 Å².